The van der Waals surface area contributed by atoms with Crippen LogP contribution in [0, 0.1) is 0 Å². The number of rotatable bonds is 4. The number of Topliss-reactive ketones (excluding diaryl/α,β-unsaturated/α-hetero) is 1. The summed E-state index contributed by atoms with van der Waals surface area (Å²) in [4.78, 5) is 15.2. The van der Waals surface area contributed by atoms with E-state index in [0.717, 1.165) is 12.0 Å². The van der Waals surface area contributed by atoms with Crippen LogP contribution in [0.5, 0.6) is 0 Å². The summed E-state index contributed by atoms with van der Waals surface area (Å²) in [5.74, 6) is 0.689. The van der Waals surface area contributed by atoms with Gasteiger partial charge in [0.05, 0.1) is 0 Å². The van der Waals surface area contributed by atoms with E-state index in [1.165, 1.54) is 0 Å². The van der Waals surface area contributed by atoms with Gasteiger partial charge in [-0.1, -0.05) is 13.0 Å². The van der Waals surface area contributed by atoms with E-state index in [1.54, 1.807) is 12.3 Å². The smallest absolute Gasteiger partial charge is 0.137 e. The van der Waals surface area contributed by atoms with Gasteiger partial charge < -0.3 is 5.73 Å². The lowest BCUT2D eigenvalue weighted by atomic mass is 10.1. The molecule has 0 bridgehead atoms. The van der Waals surface area contributed by atoms with Gasteiger partial charge in [0.25, 0.3) is 0 Å². The molecule has 0 aliphatic heterocycles. The Morgan fingerprint density at radius 2 is 2.38 bits per heavy atom. The van der Waals surface area contributed by atoms with Gasteiger partial charge >= 0.3 is 0 Å². The zero-order chi connectivity index (χ0) is 9.68. The second-order valence-electron chi connectivity index (χ2n) is 3.01. The minimum absolute atomic E-state index is 0.224. The van der Waals surface area contributed by atoms with E-state index in [0.29, 0.717) is 18.7 Å². The number of anilines is 1. The van der Waals surface area contributed by atoms with Crippen molar-refractivity contribution >= 4 is 11.6 Å². The number of hydrogen-bond acceptors (Lipinski definition) is 3. The summed E-state index contributed by atoms with van der Waals surface area (Å²) in [7, 11) is 0. The first kappa shape index (κ1) is 9.71. The summed E-state index contributed by atoms with van der Waals surface area (Å²) in [5.41, 5.74) is 6.44. The first-order valence-corrected chi connectivity index (χ1v) is 4.45. The predicted molar refractivity (Wildman–Crippen MR) is 52.3 cm³/mol. The lowest BCUT2D eigenvalue weighted by Crippen LogP contribution is -2.05. The highest BCUT2D eigenvalue weighted by molar-refractivity contribution is 5.81. The van der Waals surface area contributed by atoms with E-state index >= 15 is 0 Å². The molecular formula is C10H14N2O. The topological polar surface area (TPSA) is 56.0 Å². The Labute approximate surface area is 78.0 Å². The van der Waals surface area contributed by atoms with Gasteiger partial charge in [0.15, 0.2) is 0 Å². The van der Waals surface area contributed by atoms with Gasteiger partial charge in [-0.3, -0.25) is 4.79 Å². The fraction of sp³-hybridized carbons (Fsp3) is 0.400. The third-order valence-electron chi connectivity index (χ3n) is 1.84. The van der Waals surface area contributed by atoms with Crippen molar-refractivity contribution in [1.29, 1.82) is 0 Å². The molecule has 2 N–H and O–H groups in total. The van der Waals surface area contributed by atoms with Gasteiger partial charge in [-0.2, -0.15) is 0 Å². The first-order valence-electron chi connectivity index (χ1n) is 4.45. The molecule has 0 aliphatic rings. The molecule has 3 nitrogen and oxygen atoms in total. The van der Waals surface area contributed by atoms with Crippen LogP contribution in [0.15, 0.2) is 18.3 Å². The summed E-state index contributed by atoms with van der Waals surface area (Å²) in [6.07, 6.45) is 3.55. The molecule has 0 aromatic carbocycles. The molecule has 1 aromatic rings. The zero-order valence-electron chi connectivity index (χ0n) is 7.79. The molecule has 0 atom stereocenters. The van der Waals surface area contributed by atoms with E-state index < -0.39 is 0 Å². The average Bonchev–Trinajstić information content (AvgIpc) is 2.09. The van der Waals surface area contributed by atoms with Gasteiger partial charge in [0.2, 0.25) is 0 Å². The molecule has 0 fully saturated rings. The fourth-order valence-electron chi connectivity index (χ4n) is 1.18. The molecule has 0 aliphatic carbocycles. The maximum absolute atomic E-state index is 11.3. The van der Waals surface area contributed by atoms with Crippen molar-refractivity contribution in [3.05, 3.63) is 23.9 Å². The number of hydrogen-bond donors (Lipinski definition) is 1. The maximum atomic E-state index is 11.3. The van der Waals surface area contributed by atoms with Crippen LogP contribution in [-0.2, 0) is 11.2 Å². The second-order valence-corrected chi connectivity index (χ2v) is 3.01. The zero-order valence-corrected chi connectivity index (χ0v) is 7.79. The maximum Gasteiger partial charge on any atom is 0.137 e. The number of ketones is 1. The lowest BCUT2D eigenvalue weighted by molar-refractivity contribution is -0.118. The van der Waals surface area contributed by atoms with Crippen LogP contribution in [0.2, 0.25) is 0 Å². The van der Waals surface area contributed by atoms with Crippen molar-refractivity contribution in [2.75, 3.05) is 5.73 Å². The van der Waals surface area contributed by atoms with E-state index in [-0.39, 0.29) is 5.78 Å². The van der Waals surface area contributed by atoms with Crippen molar-refractivity contribution in [2.45, 2.75) is 26.2 Å². The third kappa shape index (κ3) is 2.86. The Bertz CT molecular complexity index is 297. The summed E-state index contributed by atoms with van der Waals surface area (Å²) >= 11 is 0. The number of pyridine rings is 1. The molecule has 3 heteroatoms. The lowest BCUT2D eigenvalue weighted by Gasteiger charge is -2.02. The molecule has 0 radical (unpaired) electrons. The molecule has 1 rings (SSSR count). The van der Waals surface area contributed by atoms with Gasteiger partial charge in [-0.05, 0) is 12.5 Å². The standard InChI is InChI=1S/C10H14N2O/c1-2-4-9(13)7-8-5-3-6-12-10(8)11/h3,5-6H,2,4,7H2,1H3,(H2,11,12). The van der Waals surface area contributed by atoms with E-state index in [4.69, 9.17) is 5.73 Å². The Morgan fingerprint density at radius 3 is 3.00 bits per heavy atom. The SMILES string of the molecule is CCCC(=O)Cc1cccnc1N. The number of nitrogens with two attached hydrogens (primary N) is 1. The van der Waals surface area contributed by atoms with Crippen LogP contribution < -0.4 is 5.73 Å². The minimum atomic E-state index is 0.224. The van der Waals surface area contributed by atoms with Crippen molar-refractivity contribution < 1.29 is 4.79 Å². The minimum Gasteiger partial charge on any atom is -0.383 e. The average molecular weight is 178 g/mol. The van der Waals surface area contributed by atoms with Crippen LogP contribution in [0.4, 0.5) is 5.82 Å². The molecule has 0 amide bonds. The summed E-state index contributed by atoms with van der Waals surface area (Å²) < 4.78 is 0. The highest BCUT2D eigenvalue weighted by Crippen LogP contribution is 2.09. The third-order valence-corrected chi connectivity index (χ3v) is 1.84. The van der Waals surface area contributed by atoms with Gasteiger partial charge in [0, 0.05) is 24.6 Å². The van der Waals surface area contributed by atoms with Crippen molar-refractivity contribution in [1.82, 2.24) is 4.98 Å². The van der Waals surface area contributed by atoms with E-state index in [2.05, 4.69) is 4.98 Å². The normalized spacial score (nSPS) is 9.92. The van der Waals surface area contributed by atoms with E-state index in [1.807, 2.05) is 13.0 Å². The molecule has 0 spiro atoms. The Hall–Kier alpha value is -1.38. The fourth-order valence-corrected chi connectivity index (χ4v) is 1.18. The summed E-state index contributed by atoms with van der Waals surface area (Å²) in [6, 6.07) is 3.64. The van der Waals surface area contributed by atoms with Crippen LogP contribution in [0.25, 0.3) is 0 Å². The monoisotopic (exact) mass is 178 g/mol. The molecule has 70 valence electrons. The molecule has 0 saturated heterocycles. The quantitative estimate of drug-likeness (QED) is 0.761. The van der Waals surface area contributed by atoms with Gasteiger partial charge in [-0.15, -0.1) is 0 Å². The number of nitrogens with zero attached hydrogens (tertiary/aromatic N) is 1. The van der Waals surface area contributed by atoms with Crippen LogP contribution in [-0.4, -0.2) is 10.8 Å². The predicted octanol–water partition coefficient (Wildman–Crippen LogP) is 1.58. The van der Waals surface area contributed by atoms with E-state index in [9.17, 15) is 4.79 Å². The molecule has 0 unspecified atom stereocenters. The van der Waals surface area contributed by atoms with Gasteiger partial charge in [0.1, 0.15) is 11.6 Å². The van der Waals surface area contributed by atoms with Crippen LogP contribution in [0.3, 0.4) is 0 Å². The van der Waals surface area contributed by atoms with Crippen molar-refractivity contribution in [3.63, 3.8) is 0 Å². The Kier molecular flexibility index (Phi) is 3.43. The molecular weight excluding hydrogens is 164 g/mol. The van der Waals surface area contributed by atoms with Crippen LogP contribution in [0.1, 0.15) is 25.3 Å². The summed E-state index contributed by atoms with van der Waals surface area (Å²) in [5, 5.41) is 0. The number of carbonyl (C=O) groups excluding carboxylic acids is 1. The first-order chi connectivity index (χ1) is 6.24. The number of aromatic nitrogens is 1. The van der Waals surface area contributed by atoms with Crippen molar-refractivity contribution in [2.24, 2.45) is 0 Å². The molecule has 13 heavy (non-hydrogen) atoms. The highest BCUT2D eigenvalue weighted by atomic mass is 16.1. The van der Waals surface area contributed by atoms with Gasteiger partial charge in [-0.25, -0.2) is 4.98 Å². The highest BCUT2D eigenvalue weighted by Gasteiger charge is 2.05. The second kappa shape index (κ2) is 4.60. The summed E-state index contributed by atoms with van der Waals surface area (Å²) in [6.45, 7) is 1.99. The van der Waals surface area contributed by atoms with Crippen LogP contribution >= 0.6 is 0 Å². The largest absolute Gasteiger partial charge is 0.383 e. The molecule has 0 saturated carbocycles. The number of nitrogen functional groups attached to an aromatic ring is 1. The number of carbonyl (C=O) groups is 1. The molecule has 1 heterocycles. The Morgan fingerprint density at radius 1 is 1.62 bits per heavy atom. The Balaban J connectivity index is 2.63. The van der Waals surface area contributed by atoms with Crippen molar-refractivity contribution in [3.8, 4) is 0 Å². The molecule has 1 aromatic heterocycles.